The van der Waals surface area contributed by atoms with E-state index in [1.807, 2.05) is 62.4 Å². The van der Waals surface area contributed by atoms with Crippen molar-refractivity contribution >= 4 is 11.9 Å². The molecule has 23 heavy (non-hydrogen) atoms. The molecule has 2 aromatic carbocycles. The Labute approximate surface area is 136 Å². The van der Waals surface area contributed by atoms with Gasteiger partial charge in [-0.05, 0) is 30.5 Å². The van der Waals surface area contributed by atoms with Crippen molar-refractivity contribution in [1.29, 1.82) is 0 Å². The van der Waals surface area contributed by atoms with Crippen LogP contribution in [0.5, 0.6) is 0 Å². The Morgan fingerprint density at radius 2 is 1.78 bits per heavy atom. The number of rotatable bonds is 6. The number of benzene rings is 2. The third-order valence-electron chi connectivity index (χ3n) is 3.77. The fourth-order valence-electron chi connectivity index (χ4n) is 2.46. The lowest BCUT2D eigenvalue weighted by Gasteiger charge is -2.15. The summed E-state index contributed by atoms with van der Waals surface area (Å²) in [5.74, 6) is -1.30. The molecule has 0 aliphatic rings. The molecular formula is C19H21NO3. The lowest BCUT2D eigenvalue weighted by molar-refractivity contribution is -0.141. The lowest BCUT2D eigenvalue weighted by Crippen LogP contribution is -2.43. The minimum absolute atomic E-state index is 0.187. The second-order valence-corrected chi connectivity index (χ2v) is 5.75. The smallest absolute Gasteiger partial charge is 0.326 e. The summed E-state index contributed by atoms with van der Waals surface area (Å²) in [6.45, 7) is 3.91. The highest BCUT2D eigenvalue weighted by atomic mass is 16.4. The molecule has 4 nitrogen and oxygen atoms in total. The number of hydrogen-bond donors (Lipinski definition) is 2. The van der Waals surface area contributed by atoms with Crippen LogP contribution < -0.4 is 5.32 Å². The maximum atomic E-state index is 12.2. The Morgan fingerprint density at radius 1 is 1.09 bits per heavy atom. The minimum Gasteiger partial charge on any atom is -0.480 e. The number of carboxylic acids is 1. The van der Waals surface area contributed by atoms with Gasteiger partial charge < -0.3 is 10.4 Å². The third-order valence-corrected chi connectivity index (χ3v) is 3.77. The van der Waals surface area contributed by atoms with Crippen LogP contribution in [0.2, 0.25) is 0 Å². The van der Waals surface area contributed by atoms with Crippen LogP contribution in [-0.2, 0) is 22.4 Å². The van der Waals surface area contributed by atoms with Gasteiger partial charge in [-0.25, -0.2) is 4.79 Å². The monoisotopic (exact) mass is 311 g/mol. The first-order valence-electron chi connectivity index (χ1n) is 7.58. The average molecular weight is 311 g/mol. The molecule has 120 valence electrons. The first-order chi connectivity index (χ1) is 11.0. The summed E-state index contributed by atoms with van der Waals surface area (Å²) < 4.78 is 0. The van der Waals surface area contributed by atoms with Gasteiger partial charge in [0.15, 0.2) is 0 Å². The molecule has 0 saturated carbocycles. The minimum atomic E-state index is -1.02. The zero-order valence-electron chi connectivity index (χ0n) is 13.4. The van der Waals surface area contributed by atoms with E-state index in [4.69, 9.17) is 0 Å². The fraction of sp³-hybridized carbons (Fsp3) is 0.263. The van der Waals surface area contributed by atoms with Gasteiger partial charge in [-0.2, -0.15) is 0 Å². The number of carboxylic acid groups (broad SMARTS) is 1. The van der Waals surface area contributed by atoms with Crippen molar-refractivity contribution in [3.8, 4) is 0 Å². The van der Waals surface area contributed by atoms with E-state index in [9.17, 15) is 14.7 Å². The van der Waals surface area contributed by atoms with Gasteiger partial charge in [0.2, 0.25) is 5.91 Å². The van der Waals surface area contributed by atoms with Crippen molar-refractivity contribution in [1.82, 2.24) is 5.32 Å². The van der Waals surface area contributed by atoms with E-state index < -0.39 is 12.0 Å². The van der Waals surface area contributed by atoms with Gasteiger partial charge in [-0.1, -0.05) is 54.1 Å². The highest BCUT2D eigenvalue weighted by Crippen LogP contribution is 2.12. The second-order valence-electron chi connectivity index (χ2n) is 5.75. The van der Waals surface area contributed by atoms with Gasteiger partial charge in [-0.3, -0.25) is 4.79 Å². The van der Waals surface area contributed by atoms with Gasteiger partial charge in [0.25, 0.3) is 0 Å². The molecule has 1 amide bonds. The first kappa shape index (κ1) is 16.7. The zero-order chi connectivity index (χ0) is 16.8. The van der Waals surface area contributed by atoms with E-state index in [-0.39, 0.29) is 18.7 Å². The molecule has 0 unspecified atom stereocenters. The predicted molar refractivity (Wildman–Crippen MR) is 89.3 cm³/mol. The summed E-state index contributed by atoms with van der Waals surface area (Å²) in [6, 6.07) is 14.3. The summed E-state index contributed by atoms with van der Waals surface area (Å²) in [7, 11) is 0. The van der Waals surface area contributed by atoms with Crippen LogP contribution in [0, 0.1) is 13.8 Å². The van der Waals surface area contributed by atoms with Crippen molar-refractivity contribution in [3.05, 3.63) is 70.8 Å². The predicted octanol–water partition coefficient (Wildman–Crippen LogP) is 2.66. The number of aliphatic carboxylic acids is 1. The fourth-order valence-corrected chi connectivity index (χ4v) is 2.46. The van der Waals surface area contributed by atoms with Crippen LogP contribution in [0.4, 0.5) is 0 Å². The van der Waals surface area contributed by atoms with E-state index in [0.29, 0.717) is 0 Å². The summed E-state index contributed by atoms with van der Waals surface area (Å²) in [5, 5.41) is 12.0. The Balaban J connectivity index is 2.03. The molecular weight excluding hydrogens is 290 g/mol. The van der Waals surface area contributed by atoms with Crippen LogP contribution in [0.3, 0.4) is 0 Å². The van der Waals surface area contributed by atoms with Gasteiger partial charge in [0.1, 0.15) is 6.04 Å². The Bertz CT molecular complexity index is 695. The zero-order valence-corrected chi connectivity index (χ0v) is 13.4. The maximum absolute atomic E-state index is 12.2. The molecule has 0 radical (unpaired) electrons. The Morgan fingerprint density at radius 3 is 2.43 bits per heavy atom. The number of hydrogen-bond acceptors (Lipinski definition) is 2. The number of carbonyl (C=O) groups is 2. The van der Waals surface area contributed by atoms with E-state index in [1.165, 1.54) is 0 Å². The van der Waals surface area contributed by atoms with E-state index in [0.717, 1.165) is 22.3 Å². The summed E-state index contributed by atoms with van der Waals surface area (Å²) >= 11 is 0. The molecule has 0 bridgehead atoms. The lowest BCUT2D eigenvalue weighted by atomic mass is 10.0. The van der Waals surface area contributed by atoms with Gasteiger partial charge in [0, 0.05) is 6.42 Å². The molecule has 2 rings (SSSR count). The Kier molecular flexibility index (Phi) is 5.52. The highest BCUT2D eigenvalue weighted by Gasteiger charge is 2.20. The number of aryl methyl sites for hydroxylation is 2. The number of carbonyl (C=O) groups excluding carboxylic acids is 1. The molecule has 0 saturated heterocycles. The maximum Gasteiger partial charge on any atom is 0.326 e. The van der Waals surface area contributed by atoms with Crippen LogP contribution in [-0.4, -0.2) is 23.0 Å². The Hall–Kier alpha value is -2.62. The molecule has 0 spiro atoms. The van der Waals surface area contributed by atoms with Gasteiger partial charge >= 0.3 is 5.97 Å². The van der Waals surface area contributed by atoms with Crippen molar-refractivity contribution < 1.29 is 14.7 Å². The van der Waals surface area contributed by atoms with Crippen molar-refractivity contribution in [2.24, 2.45) is 0 Å². The van der Waals surface area contributed by atoms with E-state index >= 15 is 0 Å². The van der Waals surface area contributed by atoms with Crippen LogP contribution in [0.15, 0.2) is 48.5 Å². The number of nitrogens with one attached hydrogen (secondary N) is 1. The van der Waals surface area contributed by atoms with Crippen molar-refractivity contribution in [2.45, 2.75) is 32.7 Å². The standard InChI is InChI=1S/C19H21NO3/c1-13-8-9-14(2)16(10-13)12-18(21)20-17(19(22)23)11-15-6-4-3-5-7-15/h3-10,17H,11-12H2,1-2H3,(H,20,21)(H,22,23)/t17-/m0/s1. The van der Waals surface area contributed by atoms with Crippen LogP contribution in [0.1, 0.15) is 22.3 Å². The molecule has 1 atom stereocenters. The summed E-state index contributed by atoms with van der Waals surface area (Å²) in [4.78, 5) is 23.6. The van der Waals surface area contributed by atoms with Crippen molar-refractivity contribution in [2.75, 3.05) is 0 Å². The molecule has 0 heterocycles. The summed E-state index contributed by atoms with van der Waals surface area (Å²) in [6.07, 6.45) is 0.459. The van der Waals surface area contributed by atoms with Crippen LogP contribution in [0.25, 0.3) is 0 Å². The largest absolute Gasteiger partial charge is 0.480 e. The average Bonchev–Trinajstić information content (AvgIpc) is 2.51. The van der Waals surface area contributed by atoms with Crippen molar-refractivity contribution in [3.63, 3.8) is 0 Å². The SMILES string of the molecule is Cc1ccc(C)c(CC(=O)N[C@@H](Cc2ccccc2)C(=O)O)c1. The normalized spacial score (nSPS) is 11.7. The quantitative estimate of drug-likeness (QED) is 0.862. The van der Waals surface area contributed by atoms with Gasteiger partial charge in [-0.15, -0.1) is 0 Å². The van der Waals surface area contributed by atoms with Gasteiger partial charge in [0.05, 0.1) is 6.42 Å². The molecule has 0 aliphatic carbocycles. The van der Waals surface area contributed by atoms with E-state index in [2.05, 4.69) is 5.32 Å². The second kappa shape index (κ2) is 7.58. The molecule has 0 aliphatic heterocycles. The molecule has 2 aromatic rings. The molecule has 0 fully saturated rings. The van der Waals surface area contributed by atoms with E-state index in [1.54, 1.807) is 0 Å². The van der Waals surface area contributed by atoms with Crippen LogP contribution >= 0.6 is 0 Å². The number of amides is 1. The molecule has 2 N–H and O–H groups in total. The molecule has 4 heteroatoms. The molecule has 0 aromatic heterocycles. The highest BCUT2D eigenvalue weighted by molar-refractivity contribution is 5.85. The third kappa shape index (κ3) is 4.95. The topological polar surface area (TPSA) is 66.4 Å². The summed E-state index contributed by atoms with van der Waals surface area (Å²) in [5.41, 5.74) is 3.91. The first-order valence-corrected chi connectivity index (χ1v) is 7.58.